The quantitative estimate of drug-likeness (QED) is 0.130. The molecule has 0 radical (unpaired) electrons. The number of rotatable bonds is 11. The molecule has 14 heteroatoms. The van der Waals surface area contributed by atoms with E-state index in [1.54, 1.807) is 0 Å². The molecule has 4 unspecified atom stereocenters. The fraction of sp³-hybridized carbons (Fsp3) is 0.596. The Balaban J connectivity index is 0.939. The van der Waals surface area contributed by atoms with Crippen LogP contribution in [0.15, 0.2) is 36.7 Å². The maximum Gasteiger partial charge on any atom is 0.407 e. The number of benzene rings is 2. The van der Waals surface area contributed by atoms with E-state index in [1.807, 2.05) is 43.7 Å². The monoisotopic (exact) mass is 901 g/mol. The fourth-order valence-electron chi connectivity index (χ4n) is 13.1. The van der Waals surface area contributed by atoms with Gasteiger partial charge in [0.15, 0.2) is 0 Å². The fourth-order valence-corrected chi connectivity index (χ4v) is 13.1. The van der Waals surface area contributed by atoms with Crippen molar-refractivity contribution in [3.8, 4) is 22.4 Å². The van der Waals surface area contributed by atoms with Crippen molar-refractivity contribution in [1.29, 1.82) is 0 Å². The SMILES string of the molecule is COC(=O)NC(C(=O)N1CCC[C@H]1C1NC=C(c2ccc(-c3ccc(-c4cnc([C@@H]5CCCN5C(=O)[C@@H](NC(=O)OC)C(C)C)[nH]4)c4c3C3CCC3C4)c3c2CC2(CCCC2)C3)N1)C(C)C. The van der Waals surface area contributed by atoms with Gasteiger partial charge in [0.1, 0.15) is 24.1 Å². The van der Waals surface area contributed by atoms with Crippen LogP contribution >= 0.6 is 0 Å². The number of H-pyrrole nitrogens is 1. The number of methoxy groups -OCH3 is 2. The second kappa shape index (κ2) is 17.6. The van der Waals surface area contributed by atoms with Gasteiger partial charge in [-0.15, -0.1) is 0 Å². The van der Waals surface area contributed by atoms with Crippen LogP contribution in [-0.2, 0) is 38.3 Å². The van der Waals surface area contributed by atoms with Crippen LogP contribution in [0.25, 0.3) is 28.1 Å². The Kier molecular flexibility index (Phi) is 11.8. The van der Waals surface area contributed by atoms with Crippen LogP contribution < -0.4 is 21.3 Å². The molecule has 3 aromatic rings. The molecule has 4 aliphatic carbocycles. The lowest BCUT2D eigenvalue weighted by Gasteiger charge is -2.34. The number of aromatic amines is 1. The standard InChI is InChI=1S/C52H68N8O6/c1-28(2)44(57-50(63)65-5)48(61)59-21-9-11-41(59)46-53-26-39(55-46)33-17-18-35(43-31-14-13-30(31)23-36(33)43)32-15-16-34(38-25-52(24-37(32)38)19-7-8-20-52)40-27-54-47(56-40)42-12-10-22-60(42)49(62)45(29(3)4)58-51(64)66-6/h15-18,26-31,41-42,44-45,47,54,56H,7-14,19-25H2,1-6H3,(H,53,55)(H,57,63)(H,58,64)/t30?,31?,41-,42-,44-,45?,47?/m0/s1. The highest BCUT2D eigenvalue weighted by atomic mass is 16.5. The Bertz CT molecular complexity index is 2440. The number of amides is 4. The maximum atomic E-state index is 14.0. The summed E-state index contributed by atoms with van der Waals surface area (Å²) in [4.78, 5) is 64.8. The van der Waals surface area contributed by atoms with Crippen molar-refractivity contribution in [2.75, 3.05) is 27.3 Å². The van der Waals surface area contributed by atoms with Gasteiger partial charge < -0.3 is 45.5 Å². The third kappa shape index (κ3) is 7.69. The molecule has 5 N–H and O–H groups in total. The van der Waals surface area contributed by atoms with Crippen LogP contribution in [0.3, 0.4) is 0 Å². The van der Waals surface area contributed by atoms with Crippen LogP contribution in [0.2, 0.25) is 0 Å². The molecule has 3 aliphatic heterocycles. The van der Waals surface area contributed by atoms with Crippen molar-refractivity contribution in [3.63, 3.8) is 0 Å². The lowest BCUT2D eigenvalue weighted by atomic mass is 9.72. The molecule has 0 bridgehead atoms. The molecule has 10 rings (SSSR count). The average Bonchev–Trinajstić information content (AvgIpc) is 4.16. The molecule has 2 aromatic carbocycles. The van der Waals surface area contributed by atoms with Gasteiger partial charge in [-0.25, -0.2) is 14.6 Å². The molecule has 14 nitrogen and oxygen atoms in total. The zero-order valence-electron chi connectivity index (χ0n) is 39.6. The number of hydrogen-bond acceptors (Lipinski definition) is 9. The topological polar surface area (TPSA) is 170 Å². The van der Waals surface area contributed by atoms with Gasteiger partial charge in [-0.3, -0.25) is 9.59 Å². The van der Waals surface area contributed by atoms with Crippen molar-refractivity contribution in [2.24, 2.45) is 23.2 Å². The number of carbonyl (C=O) groups excluding carboxylic acids is 4. The highest BCUT2D eigenvalue weighted by Gasteiger charge is 2.47. The lowest BCUT2D eigenvalue weighted by Crippen LogP contribution is -2.57. The second-order valence-corrected chi connectivity index (χ2v) is 21.1. The van der Waals surface area contributed by atoms with Crippen molar-refractivity contribution in [2.45, 2.75) is 147 Å². The summed E-state index contributed by atoms with van der Waals surface area (Å²) in [5.74, 6) is 1.64. The highest BCUT2D eigenvalue weighted by molar-refractivity contribution is 5.88. The molecule has 7 atom stereocenters. The summed E-state index contributed by atoms with van der Waals surface area (Å²) in [5.41, 5.74) is 13.5. The number of aromatic nitrogens is 2. The van der Waals surface area contributed by atoms with E-state index in [-0.39, 0.29) is 41.9 Å². The van der Waals surface area contributed by atoms with Gasteiger partial charge in [0.25, 0.3) is 0 Å². The first-order valence-electron chi connectivity index (χ1n) is 24.8. The van der Waals surface area contributed by atoms with E-state index < -0.39 is 24.3 Å². The van der Waals surface area contributed by atoms with Crippen molar-refractivity contribution in [1.82, 2.24) is 41.0 Å². The van der Waals surface area contributed by atoms with Crippen LogP contribution in [-0.4, -0.2) is 95.4 Å². The maximum absolute atomic E-state index is 14.0. The van der Waals surface area contributed by atoms with Crippen molar-refractivity contribution >= 4 is 29.7 Å². The third-order valence-corrected chi connectivity index (χ3v) is 16.6. The molecule has 2 saturated heterocycles. The summed E-state index contributed by atoms with van der Waals surface area (Å²) < 4.78 is 9.72. The Labute approximate surface area is 388 Å². The van der Waals surface area contributed by atoms with Crippen LogP contribution in [0.1, 0.15) is 138 Å². The molecular weight excluding hydrogens is 833 g/mol. The van der Waals surface area contributed by atoms with Gasteiger partial charge in [-0.1, -0.05) is 64.8 Å². The summed E-state index contributed by atoms with van der Waals surface area (Å²) in [7, 11) is 2.64. The number of carbonyl (C=O) groups is 4. The first-order valence-corrected chi connectivity index (χ1v) is 24.8. The first-order chi connectivity index (χ1) is 31.9. The number of hydrogen-bond donors (Lipinski definition) is 5. The first kappa shape index (κ1) is 44.3. The third-order valence-electron chi connectivity index (χ3n) is 16.6. The number of imidazole rings is 1. The molecular formula is C52H68N8O6. The minimum atomic E-state index is -0.681. The van der Waals surface area contributed by atoms with Gasteiger partial charge >= 0.3 is 12.2 Å². The van der Waals surface area contributed by atoms with Crippen LogP contribution in [0, 0.1) is 23.2 Å². The smallest absolute Gasteiger partial charge is 0.407 e. The Morgan fingerprint density at radius 1 is 0.742 bits per heavy atom. The summed E-state index contributed by atoms with van der Waals surface area (Å²) in [6.07, 6.45) is 17.0. The molecule has 1 spiro atoms. The molecule has 4 amide bonds. The highest BCUT2D eigenvalue weighted by Crippen LogP contribution is 2.58. The molecule has 7 aliphatic rings. The Morgan fingerprint density at radius 2 is 1.36 bits per heavy atom. The predicted molar refractivity (Wildman–Crippen MR) is 252 cm³/mol. The molecule has 352 valence electrons. The molecule has 4 heterocycles. The molecule has 1 aromatic heterocycles. The summed E-state index contributed by atoms with van der Waals surface area (Å²) in [6, 6.07) is 7.86. The molecule has 4 fully saturated rings. The van der Waals surface area contributed by atoms with Gasteiger partial charge in [0.2, 0.25) is 11.8 Å². The summed E-state index contributed by atoms with van der Waals surface area (Å²) >= 11 is 0. The van der Waals surface area contributed by atoms with Gasteiger partial charge in [0.05, 0.1) is 43.9 Å². The minimum absolute atomic E-state index is 0.0601. The average molecular weight is 901 g/mol. The van der Waals surface area contributed by atoms with E-state index in [1.165, 1.54) is 97.3 Å². The minimum Gasteiger partial charge on any atom is -0.453 e. The number of nitrogens with one attached hydrogen (secondary N) is 5. The number of ether oxygens (including phenoxy) is 2. The normalized spacial score (nSPS) is 25.5. The van der Waals surface area contributed by atoms with Gasteiger partial charge in [0, 0.05) is 30.4 Å². The number of nitrogens with zero attached hydrogens (tertiary/aromatic N) is 3. The number of alkyl carbamates (subject to hydrolysis) is 2. The number of likely N-dealkylation sites (tertiary alicyclic amines) is 2. The largest absolute Gasteiger partial charge is 0.453 e. The summed E-state index contributed by atoms with van der Waals surface area (Å²) in [6.45, 7) is 9.05. The van der Waals surface area contributed by atoms with Crippen LogP contribution in [0.4, 0.5) is 9.59 Å². The predicted octanol–water partition coefficient (Wildman–Crippen LogP) is 7.69. The van der Waals surface area contributed by atoms with E-state index in [0.717, 1.165) is 62.2 Å². The molecule has 66 heavy (non-hydrogen) atoms. The van der Waals surface area contributed by atoms with Gasteiger partial charge in [-0.05, 0) is 133 Å². The van der Waals surface area contributed by atoms with Crippen molar-refractivity contribution in [3.05, 3.63) is 70.3 Å². The zero-order chi connectivity index (χ0) is 46.0. The van der Waals surface area contributed by atoms with E-state index >= 15 is 0 Å². The number of fused-ring (bicyclic) bond motifs is 4. The Hall–Kier alpha value is -5.53. The van der Waals surface area contributed by atoms with E-state index in [9.17, 15) is 19.2 Å². The Morgan fingerprint density at radius 3 is 2.03 bits per heavy atom. The van der Waals surface area contributed by atoms with E-state index in [4.69, 9.17) is 14.5 Å². The summed E-state index contributed by atoms with van der Waals surface area (Å²) in [5, 5.41) is 13.1. The lowest BCUT2D eigenvalue weighted by molar-refractivity contribution is -0.136. The molecule has 2 saturated carbocycles. The second-order valence-electron chi connectivity index (χ2n) is 21.1. The van der Waals surface area contributed by atoms with E-state index in [2.05, 4.69) is 56.7 Å². The van der Waals surface area contributed by atoms with Crippen molar-refractivity contribution < 1.29 is 28.7 Å². The zero-order valence-corrected chi connectivity index (χ0v) is 39.6. The van der Waals surface area contributed by atoms with Crippen LogP contribution in [0.5, 0.6) is 0 Å². The van der Waals surface area contributed by atoms with Gasteiger partial charge in [-0.2, -0.15) is 0 Å². The van der Waals surface area contributed by atoms with E-state index in [0.29, 0.717) is 30.3 Å².